The van der Waals surface area contributed by atoms with Crippen molar-refractivity contribution in [1.29, 1.82) is 0 Å². The number of rotatable bonds is 3. The fourth-order valence-corrected chi connectivity index (χ4v) is 2.87. The summed E-state index contributed by atoms with van der Waals surface area (Å²) in [5, 5.41) is 9.37. The van der Waals surface area contributed by atoms with Crippen LogP contribution >= 0.6 is 0 Å². The van der Waals surface area contributed by atoms with Crippen LogP contribution in [0.1, 0.15) is 36.0 Å². The van der Waals surface area contributed by atoms with Crippen molar-refractivity contribution in [3.05, 3.63) is 28.8 Å². The number of carbonyl (C=O) groups is 1. The van der Waals surface area contributed by atoms with Gasteiger partial charge in [-0.05, 0) is 49.3 Å². The largest absolute Gasteiger partial charge is 0.496 e. The van der Waals surface area contributed by atoms with Gasteiger partial charge in [0.15, 0.2) is 0 Å². The molecule has 0 spiro atoms. The minimum atomic E-state index is -0.714. The van der Waals surface area contributed by atoms with E-state index < -0.39 is 11.4 Å². The molecule has 0 aromatic heterocycles. The highest BCUT2D eigenvalue weighted by Gasteiger charge is 2.53. The summed E-state index contributed by atoms with van der Waals surface area (Å²) < 4.78 is 5.38. The average molecular weight is 232 g/mol. The Morgan fingerprint density at radius 3 is 2.47 bits per heavy atom. The summed E-state index contributed by atoms with van der Waals surface area (Å²) in [6, 6.07) is 4.11. The van der Waals surface area contributed by atoms with E-state index in [-0.39, 0.29) is 0 Å². The zero-order valence-corrected chi connectivity index (χ0v) is 9.95. The first kappa shape index (κ1) is 10.6. The molecule has 0 amide bonds. The lowest BCUT2D eigenvalue weighted by Gasteiger charge is -2.16. The Balaban J connectivity index is 2.13. The molecule has 0 saturated heterocycles. The number of carboxylic acid groups (broad SMARTS) is 1. The molecule has 0 radical (unpaired) electrons. The molecule has 1 N–H and O–H groups in total. The zero-order chi connectivity index (χ0) is 12.0. The molecule has 1 aromatic carbocycles. The summed E-state index contributed by atoms with van der Waals surface area (Å²) in [4.78, 5) is 11.4. The lowest BCUT2D eigenvalue weighted by Crippen LogP contribution is -2.20. The van der Waals surface area contributed by atoms with Gasteiger partial charge in [0, 0.05) is 5.56 Å². The van der Waals surface area contributed by atoms with Crippen molar-refractivity contribution in [2.45, 2.75) is 37.5 Å². The maximum Gasteiger partial charge on any atom is 0.314 e. The topological polar surface area (TPSA) is 46.5 Å². The Morgan fingerprint density at radius 2 is 1.94 bits per heavy atom. The van der Waals surface area contributed by atoms with Crippen molar-refractivity contribution in [2.24, 2.45) is 0 Å². The van der Waals surface area contributed by atoms with Crippen molar-refractivity contribution in [2.75, 3.05) is 7.11 Å². The highest BCUT2D eigenvalue weighted by molar-refractivity contribution is 5.86. The number of methoxy groups -OCH3 is 1. The van der Waals surface area contributed by atoms with E-state index in [9.17, 15) is 9.90 Å². The van der Waals surface area contributed by atoms with Crippen LogP contribution in [-0.4, -0.2) is 18.2 Å². The molecule has 90 valence electrons. The van der Waals surface area contributed by atoms with Crippen molar-refractivity contribution in [3.63, 3.8) is 0 Å². The number of ether oxygens (including phenoxy) is 1. The third-order valence-corrected chi connectivity index (χ3v) is 4.09. The number of hydrogen-bond acceptors (Lipinski definition) is 2. The van der Waals surface area contributed by atoms with Gasteiger partial charge in [0.2, 0.25) is 0 Å². The minimum absolute atomic E-state index is 0.664. The summed E-state index contributed by atoms with van der Waals surface area (Å²) in [5.74, 6) is 0.0410. The van der Waals surface area contributed by atoms with Crippen LogP contribution < -0.4 is 4.74 Å². The molecule has 0 aliphatic heterocycles. The molecular weight excluding hydrogens is 216 g/mol. The quantitative estimate of drug-likeness (QED) is 0.869. The van der Waals surface area contributed by atoms with Gasteiger partial charge in [-0.2, -0.15) is 0 Å². The summed E-state index contributed by atoms with van der Waals surface area (Å²) in [6.07, 6.45) is 4.80. The van der Waals surface area contributed by atoms with E-state index in [0.717, 1.165) is 37.0 Å². The predicted octanol–water partition coefficient (Wildman–Crippen LogP) is 2.30. The highest BCUT2D eigenvalue weighted by atomic mass is 16.5. The molecule has 1 fully saturated rings. The monoisotopic (exact) mass is 232 g/mol. The molecule has 1 saturated carbocycles. The molecule has 0 bridgehead atoms. The summed E-state index contributed by atoms with van der Waals surface area (Å²) in [6.45, 7) is 0. The Morgan fingerprint density at radius 1 is 1.29 bits per heavy atom. The van der Waals surface area contributed by atoms with Gasteiger partial charge in [-0.1, -0.05) is 6.07 Å². The molecule has 0 heterocycles. The van der Waals surface area contributed by atoms with Gasteiger partial charge in [-0.15, -0.1) is 0 Å². The third kappa shape index (κ3) is 1.45. The first-order valence-corrected chi connectivity index (χ1v) is 6.11. The first-order chi connectivity index (χ1) is 8.17. The van der Waals surface area contributed by atoms with Crippen LogP contribution in [0.3, 0.4) is 0 Å². The lowest BCUT2D eigenvalue weighted by atomic mass is 9.92. The third-order valence-electron chi connectivity index (χ3n) is 4.09. The Kier molecular flexibility index (Phi) is 2.18. The Bertz CT molecular complexity index is 486. The van der Waals surface area contributed by atoms with Crippen molar-refractivity contribution in [3.8, 4) is 5.75 Å². The van der Waals surface area contributed by atoms with Gasteiger partial charge in [0.25, 0.3) is 0 Å². The normalized spacial score (nSPS) is 19.8. The molecular formula is C14H16O3. The standard InChI is InChI=1S/C14H16O3/c1-17-12-8-10-4-2-3-9(10)7-11(12)14(5-6-14)13(15)16/h7-8H,2-6H2,1H3,(H,15,16). The number of aryl methyl sites for hydroxylation is 2. The molecule has 3 heteroatoms. The maximum atomic E-state index is 11.4. The number of fused-ring (bicyclic) bond motifs is 1. The molecule has 3 rings (SSSR count). The second-order valence-electron chi connectivity index (χ2n) is 5.06. The van der Waals surface area contributed by atoms with Crippen LogP contribution in [0.15, 0.2) is 12.1 Å². The van der Waals surface area contributed by atoms with Gasteiger partial charge in [0.1, 0.15) is 5.75 Å². The summed E-state index contributed by atoms with van der Waals surface area (Å²) in [7, 11) is 1.62. The van der Waals surface area contributed by atoms with E-state index in [1.807, 2.05) is 6.07 Å². The van der Waals surface area contributed by atoms with Crippen LogP contribution in [0.25, 0.3) is 0 Å². The Hall–Kier alpha value is -1.51. The van der Waals surface area contributed by atoms with Crippen LogP contribution in [-0.2, 0) is 23.1 Å². The Labute approximate surface area is 100 Å². The predicted molar refractivity (Wildman–Crippen MR) is 63.6 cm³/mol. The van der Waals surface area contributed by atoms with Crippen molar-refractivity contribution < 1.29 is 14.6 Å². The van der Waals surface area contributed by atoms with Crippen LogP contribution in [0.2, 0.25) is 0 Å². The molecule has 2 aliphatic carbocycles. The number of carboxylic acids is 1. The second-order valence-corrected chi connectivity index (χ2v) is 5.06. The zero-order valence-electron chi connectivity index (χ0n) is 9.95. The number of aliphatic carboxylic acids is 1. The lowest BCUT2D eigenvalue weighted by molar-refractivity contribution is -0.140. The minimum Gasteiger partial charge on any atom is -0.496 e. The van der Waals surface area contributed by atoms with Gasteiger partial charge >= 0.3 is 5.97 Å². The molecule has 17 heavy (non-hydrogen) atoms. The molecule has 3 nitrogen and oxygen atoms in total. The summed E-state index contributed by atoms with van der Waals surface area (Å²) in [5.41, 5.74) is 2.86. The number of hydrogen-bond donors (Lipinski definition) is 1. The fourth-order valence-electron chi connectivity index (χ4n) is 2.87. The first-order valence-electron chi connectivity index (χ1n) is 6.11. The highest BCUT2D eigenvalue weighted by Crippen LogP contribution is 2.52. The van der Waals surface area contributed by atoms with E-state index in [4.69, 9.17) is 4.74 Å². The van der Waals surface area contributed by atoms with Crippen LogP contribution in [0.5, 0.6) is 5.75 Å². The second kappa shape index (κ2) is 3.49. The van der Waals surface area contributed by atoms with Crippen LogP contribution in [0.4, 0.5) is 0 Å². The van der Waals surface area contributed by atoms with Gasteiger partial charge < -0.3 is 9.84 Å². The SMILES string of the molecule is COc1cc2c(cc1C1(C(=O)O)CC1)CCC2. The van der Waals surface area contributed by atoms with E-state index >= 15 is 0 Å². The molecule has 1 aromatic rings. The van der Waals surface area contributed by atoms with Crippen LogP contribution in [0, 0.1) is 0 Å². The van der Waals surface area contributed by atoms with Gasteiger partial charge in [-0.3, -0.25) is 4.79 Å². The van der Waals surface area contributed by atoms with E-state index in [1.165, 1.54) is 17.5 Å². The van der Waals surface area contributed by atoms with Gasteiger partial charge in [-0.25, -0.2) is 0 Å². The molecule has 2 aliphatic rings. The van der Waals surface area contributed by atoms with E-state index in [0.29, 0.717) is 0 Å². The van der Waals surface area contributed by atoms with Crippen molar-refractivity contribution in [1.82, 2.24) is 0 Å². The smallest absolute Gasteiger partial charge is 0.314 e. The average Bonchev–Trinajstić information content (AvgIpc) is 3.01. The molecule has 0 unspecified atom stereocenters. The van der Waals surface area contributed by atoms with Crippen molar-refractivity contribution >= 4 is 5.97 Å². The van der Waals surface area contributed by atoms with E-state index in [2.05, 4.69) is 6.07 Å². The number of benzene rings is 1. The van der Waals surface area contributed by atoms with Gasteiger partial charge in [0.05, 0.1) is 12.5 Å². The maximum absolute atomic E-state index is 11.4. The fraction of sp³-hybridized carbons (Fsp3) is 0.500. The molecule has 0 atom stereocenters. The summed E-state index contributed by atoms with van der Waals surface area (Å²) >= 11 is 0. The van der Waals surface area contributed by atoms with E-state index in [1.54, 1.807) is 7.11 Å².